The monoisotopic (exact) mass is 374 g/mol. The number of hydrogen-bond donors (Lipinski definition) is 0. The van der Waals surface area contributed by atoms with E-state index in [9.17, 15) is 9.59 Å². The molecule has 0 aliphatic carbocycles. The van der Waals surface area contributed by atoms with Crippen LogP contribution in [0.2, 0.25) is 5.02 Å². The average Bonchev–Trinajstić information content (AvgIpc) is 2.63. The first-order chi connectivity index (χ1) is 12.4. The zero-order valence-corrected chi connectivity index (χ0v) is 15.8. The van der Waals surface area contributed by atoms with Crippen LogP contribution < -0.4 is 10.5 Å². The first-order valence-electron chi connectivity index (χ1n) is 8.78. The van der Waals surface area contributed by atoms with Gasteiger partial charge >= 0.3 is 0 Å². The fourth-order valence-corrected chi connectivity index (χ4v) is 3.19. The lowest BCUT2D eigenvalue weighted by atomic mass is 10.1. The van der Waals surface area contributed by atoms with E-state index in [4.69, 9.17) is 11.6 Å². The molecule has 1 aromatic heterocycles. The first kappa shape index (κ1) is 18.5. The number of carbonyl (C=O) groups excluding carboxylic acids is 1. The van der Waals surface area contributed by atoms with Crippen LogP contribution in [0.1, 0.15) is 25.5 Å². The molecular formula is C19H23ClN4O2. The van der Waals surface area contributed by atoms with Crippen LogP contribution in [0, 0.1) is 0 Å². The lowest BCUT2D eigenvalue weighted by Crippen LogP contribution is -2.50. The van der Waals surface area contributed by atoms with Gasteiger partial charge in [0.05, 0.1) is 12.0 Å². The molecule has 1 saturated heterocycles. The molecule has 1 fully saturated rings. The third kappa shape index (κ3) is 4.25. The normalized spacial score (nSPS) is 14.8. The Morgan fingerprint density at radius 2 is 1.92 bits per heavy atom. The fourth-order valence-electron chi connectivity index (χ4n) is 3.01. The number of nitrogens with zero attached hydrogens (tertiary/aromatic N) is 4. The zero-order valence-electron chi connectivity index (χ0n) is 15.1. The summed E-state index contributed by atoms with van der Waals surface area (Å²) in [6.45, 7) is 6.72. The summed E-state index contributed by atoms with van der Waals surface area (Å²) in [4.78, 5) is 33.0. The summed E-state index contributed by atoms with van der Waals surface area (Å²) in [5.41, 5.74) is 1.62. The minimum absolute atomic E-state index is 0.0291. The van der Waals surface area contributed by atoms with Gasteiger partial charge in [0.25, 0.3) is 5.56 Å². The van der Waals surface area contributed by atoms with Crippen LogP contribution >= 0.6 is 11.6 Å². The molecule has 2 aromatic rings. The Morgan fingerprint density at radius 3 is 2.54 bits per heavy atom. The molecule has 7 heteroatoms. The van der Waals surface area contributed by atoms with E-state index in [1.54, 1.807) is 4.90 Å². The lowest BCUT2D eigenvalue weighted by molar-refractivity contribution is -0.132. The Morgan fingerprint density at radius 1 is 1.19 bits per heavy atom. The highest BCUT2D eigenvalue weighted by molar-refractivity contribution is 6.30. The van der Waals surface area contributed by atoms with Gasteiger partial charge in [0.15, 0.2) is 0 Å². The third-order valence-electron chi connectivity index (χ3n) is 4.60. The second kappa shape index (κ2) is 7.91. The van der Waals surface area contributed by atoms with Crippen molar-refractivity contribution in [1.29, 1.82) is 0 Å². The number of anilines is 1. The second-order valence-electron chi connectivity index (χ2n) is 6.78. The highest BCUT2D eigenvalue weighted by atomic mass is 35.5. The Labute approximate surface area is 158 Å². The van der Waals surface area contributed by atoms with Crippen molar-refractivity contribution in [1.82, 2.24) is 14.5 Å². The molecule has 1 aliphatic heterocycles. The van der Waals surface area contributed by atoms with Crippen LogP contribution in [0.3, 0.4) is 0 Å². The van der Waals surface area contributed by atoms with Crippen molar-refractivity contribution < 1.29 is 4.79 Å². The van der Waals surface area contributed by atoms with Gasteiger partial charge in [0, 0.05) is 43.0 Å². The van der Waals surface area contributed by atoms with Crippen molar-refractivity contribution in [3.63, 3.8) is 0 Å². The van der Waals surface area contributed by atoms with Gasteiger partial charge in [-0.1, -0.05) is 31.5 Å². The molecule has 0 unspecified atom stereocenters. The van der Waals surface area contributed by atoms with Crippen LogP contribution in [0.5, 0.6) is 0 Å². The van der Waals surface area contributed by atoms with Crippen molar-refractivity contribution >= 4 is 23.2 Å². The van der Waals surface area contributed by atoms with Crippen molar-refractivity contribution in [2.24, 2.45) is 0 Å². The van der Waals surface area contributed by atoms with E-state index < -0.39 is 0 Å². The standard InChI is InChI=1S/C19H23ClN4O2/c1-14(2)17-11-18(25)24(13-21-17)12-19(26)23-8-6-22(7-9-23)16-5-3-4-15(20)10-16/h3-5,10-11,13-14H,6-9,12H2,1-2H3. The summed E-state index contributed by atoms with van der Waals surface area (Å²) in [6.07, 6.45) is 1.47. The molecule has 2 heterocycles. The number of piperazine rings is 1. The predicted octanol–water partition coefficient (Wildman–Crippen LogP) is 2.37. The molecule has 0 bridgehead atoms. The Bertz CT molecular complexity index is 841. The summed E-state index contributed by atoms with van der Waals surface area (Å²) < 4.78 is 1.37. The molecule has 0 atom stereocenters. The maximum absolute atomic E-state index is 12.5. The topological polar surface area (TPSA) is 58.4 Å². The van der Waals surface area contributed by atoms with E-state index >= 15 is 0 Å². The van der Waals surface area contributed by atoms with E-state index in [0.29, 0.717) is 18.1 Å². The minimum Gasteiger partial charge on any atom is -0.368 e. The Kier molecular flexibility index (Phi) is 5.61. The molecular weight excluding hydrogens is 352 g/mol. The van der Waals surface area contributed by atoms with E-state index in [-0.39, 0.29) is 23.9 Å². The van der Waals surface area contributed by atoms with E-state index in [0.717, 1.165) is 24.5 Å². The maximum atomic E-state index is 12.5. The summed E-state index contributed by atoms with van der Waals surface area (Å²) in [6, 6.07) is 9.23. The summed E-state index contributed by atoms with van der Waals surface area (Å²) in [5.74, 6) is 0.129. The molecule has 0 saturated carbocycles. The van der Waals surface area contributed by atoms with Crippen molar-refractivity contribution in [3.8, 4) is 0 Å². The molecule has 6 nitrogen and oxygen atoms in total. The van der Waals surface area contributed by atoms with E-state index in [1.807, 2.05) is 38.1 Å². The third-order valence-corrected chi connectivity index (χ3v) is 4.84. The average molecular weight is 375 g/mol. The molecule has 1 aromatic carbocycles. The van der Waals surface area contributed by atoms with Gasteiger partial charge in [0.1, 0.15) is 6.54 Å². The van der Waals surface area contributed by atoms with Crippen molar-refractivity contribution in [2.75, 3.05) is 31.1 Å². The van der Waals surface area contributed by atoms with Crippen LogP contribution in [-0.4, -0.2) is 46.5 Å². The van der Waals surface area contributed by atoms with Gasteiger partial charge in [-0.2, -0.15) is 0 Å². The molecule has 3 rings (SSSR count). The first-order valence-corrected chi connectivity index (χ1v) is 9.16. The molecule has 138 valence electrons. The van der Waals surface area contributed by atoms with Gasteiger partial charge in [-0.3, -0.25) is 14.2 Å². The Hall–Kier alpha value is -2.34. The summed E-state index contributed by atoms with van der Waals surface area (Å²) in [5, 5.41) is 0.706. The molecule has 0 radical (unpaired) electrons. The van der Waals surface area contributed by atoms with Crippen LogP contribution in [0.4, 0.5) is 5.69 Å². The Balaban J connectivity index is 1.60. The maximum Gasteiger partial charge on any atom is 0.254 e. The number of hydrogen-bond acceptors (Lipinski definition) is 4. The number of halogens is 1. The molecule has 1 aliphatic rings. The number of amides is 1. The van der Waals surface area contributed by atoms with Crippen molar-refractivity contribution in [3.05, 3.63) is 57.7 Å². The SMILES string of the molecule is CC(C)c1cc(=O)n(CC(=O)N2CCN(c3cccc(Cl)c3)CC2)cn1. The van der Waals surface area contributed by atoms with Gasteiger partial charge < -0.3 is 9.80 Å². The van der Waals surface area contributed by atoms with E-state index in [2.05, 4.69) is 9.88 Å². The number of rotatable bonds is 4. The quantitative estimate of drug-likeness (QED) is 0.824. The largest absolute Gasteiger partial charge is 0.368 e. The number of aromatic nitrogens is 2. The molecule has 0 spiro atoms. The van der Waals surface area contributed by atoms with Crippen LogP contribution in [-0.2, 0) is 11.3 Å². The smallest absolute Gasteiger partial charge is 0.254 e. The van der Waals surface area contributed by atoms with Crippen LogP contribution in [0.15, 0.2) is 41.5 Å². The second-order valence-corrected chi connectivity index (χ2v) is 7.22. The number of benzene rings is 1. The highest BCUT2D eigenvalue weighted by Crippen LogP contribution is 2.20. The van der Waals surface area contributed by atoms with Gasteiger partial charge in [-0.05, 0) is 24.1 Å². The predicted molar refractivity (Wildman–Crippen MR) is 103 cm³/mol. The lowest BCUT2D eigenvalue weighted by Gasteiger charge is -2.36. The summed E-state index contributed by atoms with van der Waals surface area (Å²) >= 11 is 6.05. The molecule has 1 amide bonds. The van der Waals surface area contributed by atoms with Gasteiger partial charge in [0.2, 0.25) is 5.91 Å². The number of carbonyl (C=O) groups is 1. The van der Waals surface area contributed by atoms with Gasteiger partial charge in [-0.25, -0.2) is 4.98 Å². The highest BCUT2D eigenvalue weighted by Gasteiger charge is 2.22. The van der Waals surface area contributed by atoms with Gasteiger partial charge in [-0.15, -0.1) is 0 Å². The van der Waals surface area contributed by atoms with E-state index in [1.165, 1.54) is 17.0 Å². The summed E-state index contributed by atoms with van der Waals surface area (Å²) in [7, 11) is 0. The molecule has 0 N–H and O–H groups in total. The van der Waals surface area contributed by atoms with Crippen molar-refractivity contribution in [2.45, 2.75) is 26.3 Å². The van der Waals surface area contributed by atoms with Crippen LogP contribution in [0.25, 0.3) is 0 Å². The fraction of sp³-hybridized carbons (Fsp3) is 0.421. The molecule has 26 heavy (non-hydrogen) atoms. The zero-order chi connectivity index (χ0) is 18.7. The minimum atomic E-state index is -0.186.